The van der Waals surface area contributed by atoms with Gasteiger partial charge in [-0.05, 0) is 57.3 Å². The summed E-state index contributed by atoms with van der Waals surface area (Å²) >= 11 is 5.27. The van der Waals surface area contributed by atoms with Crippen molar-refractivity contribution in [2.75, 3.05) is 0 Å². The first-order valence-corrected chi connectivity index (χ1v) is 8.01. The van der Waals surface area contributed by atoms with Crippen LogP contribution in [0.4, 0.5) is 0 Å². The normalized spacial score (nSPS) is 16.7. The molecule has 2 aromatic rings. The van der Waals surface area contributed by atoms with E-state index in [1.807, 2.05) is 0 Å². The summed E-state index contributed by atoms with van der Waals surface area (Å²) in [6, 6.07) is 13.5. The van der Waals surface area contributed by atoms with E-state index < -0.39 is 0 Å². The molecule has 0 radical (unpaired) electrons. The minimum absolute atomic E-state index is 0.518. The van der Waals surface area contributed by atoms with Crippen molar-refractivity contribution >= 4 is 27.3 Å². The lowest BCUT2D eigenvalue weighted by atomic mass is 10.0. The van der Waals surface area contributed by atoms with Gasteiger partial charge < -0.3 is 5.32 Å². The Kier molecular flexibility index (Phi) is 3.83. The summed E-state index contributed by atoms with van der Waals surface area (Å²) in [5.41, 5.74) is 2.79. The van der Waals surface area contributed by atoms with E-state index in [0.29, 0.717) is 6.04 Å². The van der Waals surface area contributed by atoms with Crippen molar-refractivity contribution in [1.29, 1.82) is 0 Å². The molecular weight excluding hydrogens is 306 g/mol. The van der Waals surface area contributed by atoms with Crippen LogP contribution >= 0.6 is 27.3 Å². The molecule has 1 atom stereocenters. The molecule has 18 heavy (non-hydrogen) atoms. The van der Waals surface area contributed by atoms with Gasteiger partial charge in [0, 0.05) is 12.6 Å². The van der Waals surface area contributed by atoms with E-state index in [0.717, 1.165) is 12.5 Å². The predicted octanol–water partition coefficient (Wildman–Crippen LogP) is 4.75. The highest BCUT2D eigenvalue weighted by molar-refractivity contribution is 9.11. The second-order valence-corrected chi connectivity index (χ2v) is 7.16. The number of hydrogen-bond acceptors (Lipinski definition) is 2. The number of thiophene rings is 1. The van der Waals surface area contributed by atoms with E-state index in [1.165, 1.54) is 27.8 Å². The summed E-state index contributed by atoms with van der Waals surface area (Å²) in [5, 5.41) is 5.93. The first kappa shape index (κ1) is 12.4. The first-order valence-electron chi connectivity index (χ1n) is 6.34. The molecule has 0 spiro atoms. The third-order valence-corrected chi connectivity index (χ3v) is 4.95. The molecule has 94 valence electrons. The standard InChI is InChI=1S/C15H16BrNS/c16-14-8-11(10-18-14)9-17-15(13-6-7-13)12-4-2-1-3-5-12/h1-5,8,10,13,15,17H,6-7,9H2. The molecule has 3 heteroatoms. The lowest BCUT2D eigenvalue weighted by molar-refractivity contribution is 0.481. The van der Waals surface area contributed by atoms with E-state index in [4.69, 9.17) is 0 Å². The minimum Gasteiger partial charge on any atom is -0.306 e. The molecule has 1 nitrogen and oxygen atoms in total. The van der Waals surface area contributed by atoms with Crippen molar-refractivity contribution in [1.82, 2.24) is 5.32 Å². The Morgan fingerprint density at radius 1 is 1.28 bits per heavy atom. The summed E-state index contributed by atoms with van der Waals surface area (Å²) in [6.45, 7) is 0.957. The van der Waals surface area contributed by atoms with Crippen LogP contribution in [-0.4, -0.2) is 0 Å². The lowest BCUT2D eigenvalue weighted by Gasteiger charge is -2.18. The van der Waals surface area contributed by atoms with Crippen LogP contribution < -0.4 is 5.32 Å². The average Bonchev–Trinajstić information content (AvgIpc) is 3.14. The van der Waals surface area contributed by atoms with Crippen molar-refractivity contribution < 1.29 is 0 Å². The van der Waals surface area contributed by atoms with Gasteiger partial charge in [0.2, 0.25) is 0 Å². The highest BCUT2D eigenvalue weighted by Crippen LogP contribution is 2.41. The topological polar surface area (TPSA) is 12.0 Å². The highest BCUT2D eigenvalue weighted by atomic mass is 79.9. The van der Waals surface area contributed by atoms with Crippen LogP contribution in [0.3, 0.4) is 0 Å². The lowest BCUT2D eigenvalue weighted by Crippen LogP contribution is -2.22. The number of hydrogen-bond donors (Lipinski definition) is 1. The molecule has 0 saturated heterocycles. The molecule has 1 aliphatic carbocycles. The summed E-state index contributed by atoms with van der Waals surface area (Å²) < 4.78 is 1.21. The molecule has 3 rings (SSSR count). The number of nitrogens with one attached hydrogen (secondary N) is 1. The van der Waals surface area contributed by atoms with Crippen LogP contribution in [0.5, 0.6) is 0 Å². The maximum absolute atomic E-state index is 3.71. The summed E-state index contributed by atoms with van der Waals surface area (Å²) in [4.78, 5) is 0. The van der Waals surface area contributed by atoms with E-state index >= 15 is 0 Å². The van der Waals surface area contributed by atoms with Crippen molar-refractivity contribution in [3.8, 4) is 0 Å². The van der Waals surface area contributed by atoms with Crippen molar-refractivity contribution in [2.45, 2.75) is 25.4 Å². The van der Waals surface area contributed by atoms with E-state index in [9.17, 15) is 0 Å². The number of halogens is 1. The van der Waals surface area contributed by atoms with Crippen LogP contribution in [0, 0.1) is 5.92 Å². The van der Waals surface area contributed by atoms with E-state index in [2.05, 4.69) is 63.0 Å². The van der Waals surface area contributed by atoms with Gasteiger partial charge in [-0.3, -0.25) is 0 Å². The molecule has 1 heterocycles. The van der Waals surface area contributed by atoms with Crippen molar-refractivity contribution in [3.05, 3.63) is 56.7 Å². The smallest absolute Gasteiger partial charge is 0.0701 e. The fourth-order valence-electron chi connectivity index (χ4n) is 2.31. The van der Waals surface area contributed by atoms with E-state index in [-0.39, 0.29) is 0 Å². The Balaban J connectivity index is 1.68. The highest BCUT2D eigenvalue weighted by Gasteiger charge is 2.31. The Morgan fingerprint density at radius 2 is 2.06 bits per heavy atom. The molecule has 1 N–H and O–H groups in total. The molecule has 1 aliphatic rings. The van der Waals surface area contributed by atoms with Gasteiger partial charge in [-0.1, -0.05) is 30.3 Å². The van der Waals surface area contributed by atoms with Gasteiger partial charge in [-0.25, -0.2) is 0 Å². The second-order valence-electron chi connectivity index (χ2n) is 4.87. The molecule has 0 aliphatic heterocycles. The third kappa shape index (κ3) is 3.02. The third-order valence-electron chi connectivity index (χ3n) is 3.40. The Labute approximate surface area is 120 Å². The Hall–Kier alpha value is -0.640. The molecule has 1 fully saturated rings. The fraction of sp³-hybridized carbons (Fsp3) is 0.333. The number of rotatable bonds is 5. The van der Waals surface area contributed by atoms with Gasteiger partial charge in [0.05, 0.1) is 3.79 Å². The summed E-state index contributed by atoms with van der Waals surface area (Å²) in [6.07, 6.45) is 2.72. The van der Waals surface area contributed by atoms with Crippen LogP contribution in [0.15, 0.2) is 45.6 Å². The largest absolute Gasteiger partial charge is 0.306 e. The molecule has 1 saturated carbocycles. The minimum atomic E-state index is 0.518. The maximum Gasteiger partial charge on any atom is 0.0701 e. The molecule has 1 unspecified atom stereocenters. The summed E-state index contributed by atoms with van der Waals surface area (Å²) in [7, 11) is 0. The quantitative estimate of drug-likeness (QED) is 0.837. The second kappa shape index (κ2) is 5.55. The Bertz CT molecular complexity index is 504. The molecule has 0 amide bonds. The van der Waals surface area contributed by atoms with Gasteiger partial charge in [0.1, 0.15) is 0 Å². The van der Waals surface area contributed by atoms with Crippen molar-refractivity contribution in [3.63, 3.8) is 0 Å². The molecular formula is C15H16BrNS. The first-order chi connectivity index (χ1) is 8.83. The van der Waals surface area contributed by atoms with Gasteiger partial charge in [-0.15, -0.1) is 11.3 Å². The van der Waals surface area contributed by atoms with Gasteiger partial charge in [0.25, 0.3) is 0 Å². The molecule has 1 aromatic heterocycles. The zero-order valence-corrected chi connectivity index (χ0v) is 12.5. The monoisotopic (exact) mass is 321 g/mol. The van der Waals surface area contributed by atoms with Crippen LogP contribution in [-0.2, 0) is 6.54 Å². The predicted molar refractivity (Wildman–Crippen MR) is 80.8 cm³/mol. The Morgan fingerprint density at radius 3 is 2.67 bits per heavy atom. The van der Waals surface area contributed by atoms with Crippen LogP contribution in [0.1, 0.15) is 30.0 Å². The fourth-order valence-corrected chi connectivity index (χ4v) is 3.52. The summed E-state index contributed by atoms with van der Waals surface area (Å²) in [5.74, 6) is 0.828. The van der Waals surface area contributed by atoms with Gasteiger partial charge in [0.15, 0.2) is 0 Å². The van der Waals surface area contributed by atoms with Crippen LogP contribution in [0.2, 0.25) is 0 Å². The van der Waals surface area contributed by atoms with Crippen LogP contribution in [0.25, 0.3) is 0 Å². The van der Waals surface area contributed by atoms with Crippen molar-refractivity contribution in [2.24, 2.45) is 5.92 Å². The molecule has 1 aromatic carbocycles. The number of benzene rings is 1. The zero-order chi connectivity index (χ0) is 12.4. The molecule has 0 bridgehead atoms. The van der Waals surface area contributed by atoms with E-state index in [1.54, 1.807) is 11.3 Å². The van der Waals surface area contributed by atoms with Gasteiger partial charge >= 0.3 is 0 Å². The average molecular weight is 322 g/mol. The van der Waals surface area contributed by atoms with Gasteiger partial charge in [-0.2, -0.15) is 0 Å². The zero-order valence-electron chi connectivity index (χ0n) is 10.1. The SMILES string of the molecule is Brc1cc(CNC(c2ccccc2)C2CC2)cs1. The maximum atomic E-state index is 3.71.